The van der Waals surface area contributed by atoms with Gasteiger partial charge in [0.25, 0.3) is 0 Å². The smallest absolute Gasteiger partial charge is 0.227 e. The van der Waals surface area contributed by atoms with Crippen LogP contribution >= 0.6 is 0 Å². The zero-order chi connectivity index (χ0) is 16.1. The molecule has 0 bridgehead atoms. The monoisotopic (exact) mass is 318 g/mol. The maximum absolute atomic E-state index is 12.4. The quantitative estimate of drug-likeness (QED) is 0.875. The summed E-state index contributed by atoms with van der Waals surface area (Å²) in [5, 5.41) is 2.99. The molecule has 1 saturated carbocycles. The molecule has 1 amide bonds. The van der Waals surface area contributed by atoms with Gasteiger partial charge >= 0.3 is 0 Å². The van der Waals surface area contributed by atoms with Gasteiger partial charge in [-0.15, -0.1) is 0 Å². The topological polar surface area (TPSA) is 73.6 Å². The molecule has 1 aromatic rings. The van der Waals surface area contributed by atoms with Crippen LogP contribution in [0.25, 0.3) is 0 Å². The minimum Gasteiger partial charge on any atom is -0.491 e. The van der Waals surface area contributed by atoms with E-state index < -0.39 is 0 Å². The van der Waals surface area contributed by atoms with Crippen LogP contribution in [-0.2, 0) is 9.53 Å². The second kappa shape index (κ2) is 7.79. The second-order valence-electron chi connectivity index (χ2n) is 6.59. The lowest BCUT2D eigenvalue weighted by atomic mass is 9.85. The minimum absolute atomic E-state index is 0.0233. The molecule has 1 saturated heterocycles. The van der Waals surface area contributed by atoms with Crippen molar-refractivity contribution in [3.05, 3.63) is 24.3 Å². The first-order valence-corrected chi connectivity index (χ1v) is 8.61. The third-order valence-corrected chi connectivity index (χ3v) is 4.65. The summed E-state index contributed by atoms with van der Waals surface area (Å²) in [6.07, 6.45) is 6.11. The Labute approximate surface area is 137 Å². The Morgan fingerprint density at radius 2 is 2.22 bits per heavy atom. The molecule has 0 radical (unpaired) electrons. The highest BCUT2D eigenvalue weighted by Crippen LogP contribution is 2.25. The standard InChI is InChI=1S/C18H26N2O3/c19-14-5-1-4-13(10-14)18(21)20-15-6-2-7-16(11-15)23-12-17-8-3-9-22-17/h2,6-7,11,13-14,17H,1,3-5,8-10,12,19H2,(H,20,21). The lowest BCUT2D eigenvalue weighted by molar-refractivity contribution is -0.120. The maximum Gasteiger partial charge on any atom is 0.227 e. The molecule has 1 aliphatic heterocycles. The molecular weight excluding hydrogens is 292 g/mol. The Bertz CT molecular complexity index is 529. The summed E-state index contributed by atoms with van der Waals surface area (Å²) in [6, 6.07) is 7.71. The van der Waals surface area contributed by atoms with Gasteiger partial charge in [-0.3, -0.25) is 4.79 Å². The van der Waals surface area contributed by atoms with Crippen LogP contribution in [0.1, 0.15) is 38.5 Å². The van der Waals surface area contributed by atoms with Gasteiger partial charge in [0.1, 0.15) is 12.4 Å². The number of ether oxygens (including phenoxy) is 2. The van der Waals surface area contributed by atoms with E-state index in [1.54, 1.807) is 0 Å². The van der Waals surface area contributed by atoms with Crippen molar-refractivity contribution < 1.29 is 14.3 Å². The van der Waals surface area contributed by atoms with Gasteiger partial charge in [-0.1, -0.05) is 12.5 Å². The molecule has 3 rings (SSSR count). The van der Waals surface area contributed by atoms with Gasteiger partial charge < -0.3 is 20.5 Å². The third kappa shape index (κ3) is 4.69. The number of anilines is 1. The molecule has 2 aliphatic rings. The molecule has 5 nitrogen and oxygen atoms in total. The van der Waals surface area contributed by atoms with E-state index in [0.29, 0.717) is 6.61 Å². The molecule has 3 atom stereocenters. The molecule has 23 heavy (non-hydrogen) atoms. The van der Waals surface area contributed by atoms with Crippen LogP contribution in [0, 0.1) is 5.92 Å². The van der Waals surface area contributed by atoms with Crippen molar-refractivity contribution in [2.45, 2.75) is 50.7 Å². The van der Waals surface area contributed by atoms with Crippen molar-refractivity contribution in [2.75, 3.05) is 18.5 Å². The largest absolute Gasteiger partial charge is 0.491 e. The zero-order valence-corrected chi connectivity index (χ0v) is 13.5. The maximum atomic E-state index is 12.4. The number of nitrogens with two attached hydrogens (primary N) is 1. The van der Waals surface area contributed by atoms with Crippen LogP contribution in [0.3, 0.4) is 0 Å². The molecule has 126 valence electrons. The van der Waals surface area contributed by atoms with Gasteiger partial charge in [-0.25, -0.2) is 0 Å². The fraction of sp³-hybridized carbons (Fsp3) is 0.611. The predicted octanol–water partition coefficient (Wildman–Crippen LogP) is 2.70. The molecule has 2 fully saturated rings. The normalized spacial score (nSPS) is 27.6. The van der Waals surface area contributed by atoms with Gasteiger partial charge in [-0.2, -0.15) is 0 Å². The first-order chi connectivity index (χ1) is 11.2. The molecule has 3 unspecified atom stereocenters. The van der Waals surface area contributed by atoms with E-state index >= 15 is 0 Å². The fourth-order valence-corrected chi connectivity index (χ4v) is 3.34. The van der Waals surface area contributed by atoms with Gasteiger partial charge in [0.2, 0.25) is 5.91 Å². The number of benzene rings is 1. The van der Waals surface area contributed by atoms with Crippen molar-refractivity contribution >= 4 is 11.6 Å². The van der Waals surface area contributed by atoms with E-state index in [2.05, 4.69) is 5.32 Å². The van der Waals surface area contributed by atoms with Crippen LogP contribution < -0.4 is 15.8 Å². The minimum atomic E-state index is 0.0233. The average molecular weight is 318 g/mol. The van der Waals surface area contributed by atoms with Crippen molar-refractivity contribution in [3.8, 4) is 5.75 Å². The summed E-state index contributed by atoms with van der Waals surface area (Å²) >= 11 is 0. The first kappa shape index (κ1) is 16.3. The summed E-state index contributed by atoms with van der Waals surface area (Å²) in [7, 11) is 0. The van der Waals surface area contributed by atoms with Gasteiger partial charge in [0, 0.05) is 30.3 Å². The van der Waals surface area contributed by atoms with E-state index in [1.807, 2.05) is 24.3 Å². The van der Waals surface area contributed by atoms with Crippen LogP contribution in [0.15, 0.2) is 24.3 Å². The highest BCUT2D eigenvalue weighted by Gasteiger charge is 2.25. The van der Waals surface area contributed by atoms with E-state index in [9.17, 15) is 4.79 Å². The first-order valence-electron chi connectivity index (χ1n) is 8.61. The molecule has 0 aromatic heterocycles. The lowest BCUT2D eigenvalue weighted by Crippen LogP contribution is -2.34. The van der Waals surface area contributed by atoms with Crippen molar-refractivity contribution in [3.63, 3.8) is 0 Å². The van der Waals surface area contributed by atoms with Crippen LogP contribution in [-0.4, -0.2) is 31.3 Å². The molecule has 0 spiro atoms. The molecule has 1 aliphatic carbocycles. The van der Waals surface area contributed by atoms with Crippen LogP contribution in [0.2, 0.25) is 0 Å². The summed E-state index contributed by atoms with van der Waals surface area (Å²) < 4.78 is 11.3. The summed E-state index contributed by atoms with van der Waals surface area (Å²) in [5.41, 5.74) is 6.74. The lowest BCUT2D eigenvalue weighted by Gasteiger charge is -2.25. The average Bonchev–Trinajstić information content (AvgIpc) is 3.07. The number of rotatable bonds is 5. The highest BCUT2D eigenvalue weighted by molar-refractivity contribution is 5.92. The molecule has 1 heterocycles. The predicted molar refractivity (Wildman–Crippen MR) is 89.5 cm³/mol. The molecular formula is C18H26N2O3. The number of carbonyl (C=O) groups is 1. The highest BCUT2D eigenvalue weighted by atomic mass is 16.5. The molecule has 5 heteroatoms. The second-order valence-corrected chi connectivity index (χ2v) is 6.59. The Morgan fingerprint density at radius 1 is 1.30 bits per heavy atom. The number of hydrogen-bond acceptors (Lipinski definition) is 4. The van der Waals surface area contributed by atoms with Crippen molar-refractivity contribution in [2.24, 2.45) is 11.7 Å². The Hall–Kier alpha value is -1.59. The number of amides is 1. The van der Waals surface area contributed by atoms with Crippen molar-refractivity contribution in [1.29, 1.82) is 0 Å². The zero-order valence-electron chi connectivity index (χ0n) is 13.5. The summed E-state index contributed by atoms with van der Waals surface area (Å²) in [4.78, 5) is 12.4. The Balaban J connectivity index is 1.53. The molecule has 1 aromatic carbocycles. The Kier molecular flexibility index (Phi) is 5.51. The third-order valence-electron chi connectivity index (χ3n) is 4.65. The number of nitrogens with one attached hydrogen (secondary N) is 1. The summed E-state index contributed by atoms with van der Waals surface area (Å²) in [5.74, 6) is 0.852. The van der Waals surface area contributed by atoms with Gasteiger partial charge in [-0.05, 0) is 44.2 Å². The van der Waals surface area contributed by atoms with Crippen molar-refractivity contribution in [1.82, 2.24) is 0 Å². The van der Waals surface area contributed by atoms with Gasteiger partial charge in [0.05, 0.1) is 6.10 Å². The van der Waals surface area contributed by atoms with E-state index in [4.69, 9.17) is 15.2 Å². The van der Waals surface area contributed by atoms with E-state index in [-0.39, 0.29) is 24.0 Å². The Morgan fingerprint density at radius 3 is 3.00 bits per heavy atom. The van der Waals surface area contributed by atoms with Gasteiger partial charge in [0.15, 0.2) is 0 Å². The summed E-state index contributed by atoms with van der Waals surface area (Å²) in [6.45, 7) is 1.39. The molecule has 3 N–H and O–H groups in total. The number of carbonyl (C=O) groups excluding carboxylic acids is 1. The SMILES string of the molecule is NC1CCCC(C(=O)Nc2cccc(OCC3CCCO3)c2)C1. The van der Waals surface area contributed by atoms with Crippen LogP contribution in [0.4, 0.5) is 5.69 Å². The van der Waals surface area contributed by atoms with E-state index in [0.717, 1.165) is 56.6 Å². The fourth-order valence-electron chi connectivity index (χ4n) is 3.34. The van der Waals surface area contributed by atoms with Crippen LogP contribution in [0.5, 0.6) is 5.75 Å². The van der Waals surface area contributed by atoms with E-state index in [1.165, 1.54) is 0 Å². The number of hydrogen-bond donors (Lipinski definition) is 2.